The van der Waals surface area contributed by atoms with Crippen molar-refractivity contribution in [3.63, 3.8) is 0 Å². The second kappa shape index (κ2) is 9.03. The van der Waals surface area contributed by atoms with Crippen LogP contribution in [0.1, 0.15) is 35.5 Å². The highest BCUT2D eigenvalue weighted by Crippen LogP contribution is 2.39. The number of rotatable bonds is 4. The summed E-state index contributed by atoms with van der Waals surface area (Å²) in [5, 5.41) is 7.80. The van der Waals surface area contributed by atoms with Crippen molar-refractivity contribution in [2.75, 3.05) is 4.90 Å². The zero-order valence-electron chi connectivity index (χ0n) is 19.3. The smallest absolute Gasteiger partial charge is 0.258 e. The van der Waals surface area contributed by atoms with Crippen LogP contribution < -0.4 is 10.2 Å². The fraction of sp³-hybridized carbons (Fsp3) is 0.148. The fourth-order valence-electron chi connectivity index (χ4n) is 4.22. The zero-order chi connectivity index (χ0) is 24.7. The molecule has 35 heavy (non-hydrogen) atoms. The predicted molar refractivity (Wildman–Crippen MR) is 136 cm³/mol. The van der Waals surface area contributed by atoms with Gasteiger partial charge < -0.3 is 9.84 Å². The number of aryl methyl sites for hydroxylation is 2. The van der Waals surface area contributed by atoms with E-state index in [1.807, 2.05) is 38.1 Å². The van der Waals surface area contributed by atoms with Crippen LogP contribution in [0.3, 0.4) is 0 Å². The minimum absolute atomic E-state index is 0.265. The third-order valence-electron chi connectivity index (χ3n) is 6.01. The number of aromatic nitrogens is 2. The molecule has 0 amide bonds. The molecule has 5 nitrogen and oxygen atoms in total. The van der Waals surface area contributed by atoms with Gasteiger partial charge >= 0.3 is 0 Å². The van der Waals surface area contributed by atoms with Crippen molar-refractivity contribution < 1.29 is 13.3 Å². The number of nitrogens with zero attached hydrogens (tertiary/aromatic N) is 3. The van der Waals surface area contributed by atoms with Crippen molar-refractivity contribution in [1.29, 1.82) is 0 Å². The molecule has 2 heterocycles. The van der Waals surface area contributed by atoms with E-state index in [0.717, 1.165) is 11.1 Å². The van der Waals surface area contributed by atoms with Crippen LogP contribution in [0, 0.1) is 25.5 Å². The van der Waals surface area contributed by atoms with Crippen LogP contribution >= 0.6 is 12.2 Å². The maximum absolute atomic E-state index is 14.4. The molecule has 0 spiro atoms. The highest BCUT2D eigenvalue weighted by molar-refractivity contribution is 7.80. The molecule has 0 aliphatic carbocycles. The van der Waals surface area contributed by atoms with Crippen molar-refractivity contribution in [3.8, 4) is 11.4 Å². The van der Waals surface area contributed by atoms with E-state index in [-0.39, 0.29) is 17.5 Å². The van der Waals surface area contributed by atoms with E-state index >= 15 is 0 Å². The monoisotopic (exact) mass is 488 g/mol. The number of benzene rings is 3. The van der Waals surface area contributed by atoms with Gasteiger partial charge in [0.15, 0.2) is 5.11 Å². The Morgan fingerprint density at radius 3 is 2.51 bits per heavy atom. The summed E-state index contributed by atoms with van der Waals surface area (Å²) in [6.45, 7) is 5.54. The highest BCUT2D eigenvalue weighted by atomic mass is 32.1. The second-order valence-electron chi connectivity index (χ2n) is 8.50. The Morgan fingerprint density at radius 1 is 0.971 bits per heavy atom. The number of nitrogens with one attached hydrogen (secondary N) is 1. The molecule has 8 heteroatoms. The Hall–Kier alpha value is -3.91. The average molecular weight is 489 g/mol. The molecular weight excluding hydrogens is 466 g/mol. The number of allylic oxidation sites excluding steroid dienone is 1. The van der Waals surface area contributed by atoms with Gasteiger partial charge in [0.25, 0.3) is 5.89 Å². The lowest BCUT2D eigenvalue weighted by atomic mass is 9.94. The maximum Gasteiger partial charge on any atom is 0.258 e. The number of anilines is 1. The largest absolute Gasteiger partial charge is 0.351 e. The zero-order valence-corrected chi connectivity index (χ0v) is 20.2. The number of hydrogen-bond acceptors (Lipinski definition) is 4. The first kappa shape index (κ1) is 22.9. The fourth-order valence-corrected chi connectivity index (χ4v) is 4.58. The highest BCUT2D eigenvalue weighted by Gasteiger charge is 2.35. The van der Waals surface area contributed by atoms with Crippen LogP contribution in [0.25, 0.3) is 17.0 Å². The van der Waals surface area contributed by atoms with Crippen LogP contribution in [-0.4, -0.2) is 15.3 Å². The number of halogens is 2. The second-order valence-corrected chi connectivity index (χ2v) is 8.88. The van der Waals surface area contributed by atoms with Gasteiger partial charge in [0.1, 0.15) is 11.6 Å². The first-order chi connectivity index (χ1) is 16.8. The molecule has 0 saturated carbocycles. The molecule has 1 aliphatic rings. The summed E-state index contributed by atoms with van der Waals surface area (Å²) < 4.78 is 34.3. The van der Waals surface area contributed by atoms with Gasteiger partial charge in [-0.15, -0.1) is 0 Å². The lowest BCUT2D eigenvalue weighted by molar-refractivity contribution is 0.404. The van der Waals surface area contributed by atoms with Gasteiger partial charge in [-0.05, 0) is 74.4 Å². The van der Waals surface area contributed by atoms with Gasteiger partial charge in [-0.2, -0.15) is 4.98 Å². The molecule has 0 bridgehead atoms. The third kappa shape index (κ3) is 4.33. The topological polar surface area (TPSA) is 54.2 Å². The average Bonchev–Trinajstić information content (AvgIpc) is 3.31. The summed E-state index contributed by atoms with van der Waals surface area (Å²) in [5.74, 6) is -0.0170. The molecule has 0 saturated heterocycles. The Bertz CT molecular complexity index is 1480. The molecule has 1 aromatic heterocycles. The van der Waals surface area contributed by atoms with E-state index in [0.29, 0.717) is 39.0 Å². The summed E-state index contributed by atoms with van der Waals surface area (Å²) >= 11 is 5.67. The summed E-state index contributed by atoms with van der Waals surface area (Å²) in [5.41, 5.74) is 4.91. The van der Waals surface area contributed by atoms with Gasteiger partial charge in [-0.1, -0.05) is 47.1 Å². The molecule has 1 atom stereocenters. The van der Waals surface area contributed by atoms with Crippen molar-refractivity contribution in [2.24, 2.45) is 0 Å². The molecule has 3 aromatic carbocycles. The van der Waals surface area contributed by atoms with Gasteiger partial charge in [0.05, 0.1) is 17.3 Å². The molecular formula is C27H22F2N4OS. The van der Waals surface area contributed by atoms with Crippen LogP contribution in [0.5, 0.6) is 0 Å². The van der Waals surface area contributed by atoms with E-state index in [2.05, 4.69) is 15.5 Å². The lowest BCUT2D eigenvalue weighted by Crippen LogP contribution is -2.46. The molecule has 0 fully saturated rings. The van der Waals surface area contributed by atoms with Gasteiger partial charge in [-0.3, -0.25) is 4.90 Å². The van der Waals surface area contributed by atoms with Gasteiger partial charge in [0.2, 0.25) is 5.82 Å². The Labute approximate surface area is 207 Å². The Kier molecular flexibility index (Phi) is 5.90. The normalized spacial score (nSPS) is 16.0. The van der Waals surface area contributed by atoms with E-state index in [1.165, 1.54) is 18.2 Å². The maximum atomic E-state index is 14.4. The van der Waals surface area contributed by atoms with Crippen molar-refractivity contribution in [3.05, 3.63) is 107 Å². The van der Waals surface area contributed by atoms with Crippen LogP contribution in [0.15, 0.2) is 77.0 Å². The third-order valence-corrected chi connectivity index (χ3v) is 6.31. The van der Waals surface area contributed by atoms with Crippen molar-refractivity contribution >= 4 is 28.6 Å². The minimum Gasteiger partial charge on any atom is -0.351 e. The molecule has 1 N–H and O–H groups in total. The molecule has 1 aliphatic heterocycles. The first-order valence-electron chi connectivity index (χ1n) is 11.1. The van der Waals surface area contributed by atoms with Crippen LogP contribution in [0.2, 0.25) is 0 Å². The Morgan fingerprint density at radius 2 is 1.77 bits per heavy atom. The molecule has 5 rings (SSSR count). The first-order valence-corrected chi connectivity index (χ1v) is 11.5. The standard InChI is InChI=1S/C27H22F2N4OS/c1-15-6-4-8-19(12-15)25-31-26(34-32-25)23-17(3)33(21-11-10-16(2)22(29)14-21)27(35)30-24(23)18-7-5-9-20(28)13-18/h4-14,24H,1-3H3,(H,30,35). The summed E-state index contributed by atoms with van der Waals surface area (Å²) in [6.07, 6.45) is 0. The molecule has 0 radical (unpaired) electrons. The van der Waals surface area contributed by atoms with Gasteiger partial charge in [-0.25, -0.2) is 8.78 Å². The molecule has 176 valence electrons. The van der Waals surface area contributed by atoms with Gasteiger partial charge in [0, 0.05) is 11.3 Å². The van der Waals surface area contributed by atoms with Crippen LogP contribution in [0.4, 0.5) is 14.5 Å². The van der Waals surface area contributed by atoms with E-state index in [9.17, 15) is 8.78 Å². The van der Waals surface area contributed by atoms with Crippen molar-refractivity contribution in [2.45, 2.75) is 26.8 Å². The number of thiocarbonyl (C=S) groups is 1. The molecule has 4 aromatic rings. The van der Waals surface area contributed by atoms with E-state index in [1.54, 1.807) is 36.1 Å². The number of hydrogen-bond donors (Lipinski definition) is 1. The summed E-state index contributed by atoms with van der Waals surface area (Å²) in [7, 11) is 0. The lowest BCUT2D eigenvalue weighted by Gasteiger charge is -2.37. The predicted octanol–water partition coefficient (Wildman–Crippen LogP) is 6.50. The van der Waals surface area contributed by atoms with E-state index in [4.69, 9.17) is 16.7 Å². The quantitative estimate of drug-likeness (QED) is 0.331. The Balaban J connectivity index is 1.67. The minimum atomic E-state index is -0.546. The molecule has 1 unspecified atom stereocenters. The SMILES string of the molecule is CC1=C(c2nc(-c3cccc(C)c3)no2)C(c2cccc(F)c2)NC(=S)N1c1ccc(C)c(F)c1. The summed E-state index contributed by atoms with van der Waals surface area (Å²) in [4.78, 5) is 6.39. The van der Waals surface area contributed by atoms with E-state index < -0.39 is 6.04 Å². The van der Waals surface area contributed by atoms with Crippen LogP contribution in [-0.2, 0) is 0 Å². The summed E-state index contributed by atoms with van der Waals surface area (Å²) in [6, 6.07) is 18.4. The van der Waals surface area contributed by atoms with Crippen molar-refractivity contribution in [1.82, 2.24) is 15.5 Å².